The van der Waals surface area contributed by atoms with Crippen molar-refractivity contribution in [2.75, 3.05) is 6.54 Å². The molecule has 1 aromatic carbocycles. The highest BCUT2D eigenvalue weighted by Crippen LogP contribution is 2.30. The molecule has 2 N–H and O–H groups in total. The molecule has 6 nitrogen and oxygen atoms in total. The lowest BCUT2D eigenvalue weighted by Gasteiger charge is -2.24. The zero-order valence-electron chi connectivity index (χ0n) is 14.1. The number of nitrogens with one attached hydrogen (secondary N) is 1. The molecule has 3 rings (SSSR count). The van der Waals surface area contributed by atoms with E-state index in [1.165, 1.54) is 12.1 Å². The van der Waals surface area contributed by atoms with E-state index >= 15 is 0 Å². The Labute approximate surface area is 155 Å². The van der Waals surface area contributed by atoms with Gasteiger partial charge in [0.25, 0.3) is 0 Å². The number of hydrogen-bond donors (Lipinski definition) is 2. The molecule has 8 heteroatoms. The van der Waals surface area contributed by atoms with Gasteiger partial charge < -0.3 is 15.3 Å². The van der Waals surface area contributed by atoms with Gasteiger partial charge in [-0.15, -0.1) is 0 Å². The second-order valence-corrected chi connectivity index (χ2v) is 7.25. The summed E-state index contributed by atoms with van der Waals surface area (Å²) in [6.07, 6.45) is 4.12. The molecule has 2 amide bonds. The van der Waals surface area contributed by atoms with Crippen LogP contribution in [-0.4, -0.2) is 40.4 Å². The van der Waals surface area contributed by atoms with Crippen LogP contribution < -0.4 is 5.32 Å². The predicted octanol–water partition coefficient (Wildman–Crippen LogP) is 2.51. The SMILES string of the molecule is O=C(NC(C(=O)O)c1ccc(Cl)c(F)c1)C1CC(=O)N(C2CCCC2)C1. The highest BCUT2D eigenvalue weighted by Gasteiger charge is 2.39. The van der Waals surface area contributed by atoms with Crippen LogP contribution in [0.4, 0.5) is 4.39 Å². The lowest BCUT2D eigenvalue weighted by molar-refractivity contribution is -0.142. The Morgan fingerprint density at radius 1 is 1.31 bits per heavy atom. The van der Waals surface area contributed by atoms with E-state index in [1.807, 2.05) is 0 Å². The normalized spacial score (nSPS) is 21.8. The minimum atomic E-state index is -1.40. The molecule has 1 aliphatic heterocycles. The van der Waals surface area contributed by atoms with E-state index in [-0.39, 0.29) is 29.0 Å². The number of carboxylic acids is 1. The quantitative estimate of drug-likeness (QED) is 0.819. The van der Waals surface area contributed by atoms with Crippen molar-refractivity contribution >= 4 is 29.4 Å². The van der Waals surface area contributed by atoms with E-state index in [0.717, 1.165) is 31.7 Å². The summed E-state index contributed by atoms with van der Waals surface area (Å²) in [6, 6.07) is 2.38. The van der Waals surface area contributed by atoms with Crippen LogP contribution in [0.2, 0.25) is 5.02 Å². The van der Waals surface area contributed by atoms with Crippen LogP contribution in [0.15, 0.2) is 18.2 Å². The van der Waals surface area contributed by atoms with Crippen molar-refractivity contribution in [2.24, 2.45) is 5.92 Å². The van der Waals surface area contributed by atoms with Crippen LogP contribution in [0.25, 0.3) is 0 Å². The van der Waals surface area contributed by atoms with Crippen molar-refractivity contribution in [3.05, 3.63) is 34.6 Å². The second-order valence-electron chi connectivity index (χ2n) is 6.84. The molecule has 0 radical (unpaired) electrons. The van der Waals surface area contributed by atoms with E-state index in [0.29, 0.717) is 6.54 Å². The Kier molecular flexibility index (Phi) is 5.46. The number of carbonyl (C=O) groups excluding carboxylic acids is 2. The Balaban J connectivity index is 1.69. The Morgan fingerprint density at radius 2 is 2.00 bits per heavy atom. The lowest BCUT2D eigenvalue weighted by Crippen LogP contribution is -2.40. The van der Waals surface area contributed by atoms with Crippen molar-refractivity contribution < 1.29 is 23.9 Å². The van der Waals surface area contributed by atoms with E-state index in [1.54, 1.807) is 4.90 Å². The molecule has 1 heterocycles. The first-order chi connectivity index (χ1) is 12.4. The number of carbonyl (C=O) groups is 3. The lowest BCUT2D eigenvalue weighted by atomic mass is 10.0. The topological polar surface area (TPSA) is 86.7 Å². The van der Waals surface area contributed by atoms with Gasteiger partial charge in [0, 0.05) is 19.0 Å². The van der Waals surface area contributed by atoms with E-state index < -0.39 is 29.7 Å². The van der Waals surface area contributed by atoms with Crippen molar-refractivity contribution in [3.63, 3.8) is 0 Å². The maximum absolute atomic E-state index is 13.6. The Hall–Kier alpha value is -2.15. The summed E-state index contributed by atoms with van der Waals surface area (Å²) in [5.41, 5.74) is 0.0877. The number of likely N-dealkylation sites (tertiary alicyclic amines) is 1. The van der Waals surface area contributed by atoms with E-state index in [4.69, 9.17) is 11.6 Å². The molecule has 0 spiro atoms. The maximum Gasteiger partial charge on any atom is 0.330 e. The van der Waals surface area contributed by atoms with Gasteiger partial charge in [0.05, 0.1) is 10.9 Å². The van der Waals surface area contributed by atoms with E-state index in [2.05, 4.69) is 5.32 Å². The fraction of sp³-hybridized carbons (Fsp3) is 0.500. The Morgan fingerprint density at radius 3 is 2.62 bits per heavy atom. The molecule has 2 aliphatic rings. The molecule has 1 aliphatic carbocycles. The van der Waals surface area contributed by atoms with Gasteiger partial charge in [-0.3, -0.25) is 9.59 Å². The van der Waals surface area contributed by atoms with Gasteiger partial charge in [-0.05, 0) is 30.5 Å². The molecule has 0 bridgehead atoms. The molecule has 1 saturated carbocycles. The monoisotopic (exact) mass is 382 g/mol. The standard InChI is InChI=1S/C18H20ClFN2O4/c19-13-6-5-10(7-14(13)20)16(18(25)26)21-17(24)11-8-15(23)22(9-11)12-3-1-2-4-12/h5-7,11-12,16H,1-4,8-9H2,(H,21,24)(H,25,26). The zero-order chi connectivity index (χ0) is 18.8. The Bertz CT molecular complexity index is 736. The number of amides is 2. The molecule has 26 heavy (non-hydrogen) atoms. The third-order valence-corrected chi connectivity index (χ3v) is 5.41. The summed E-state index contributed by atoms with van der Waals surface area (Å²) in [5, 5.41) is 11.7. The maximum atomic E-state index is 13.6. The smallest absolute Gasteiger partial charge is 0.330 e. The predicted molar refractivity (Wildman–Crippen MR) is 92.0 cm³/mol. The third kappa shape index (κ3) is 3.82. The largest absolute Gasteiger partial charge is 0.479 e. The molecule has 2 atom stereocenters. The molecule has 140 valence electrons. The number of rotatable bonds is 5. The second kappa shape index (κ2) is 7.61. The number of benzene rings is 1. The van der Waals surface area contributed by atoms with Crippen LogP contribution in [0.1, 0.15) is 43.7 Å². The molecule has 0 aromatic heterocycles. The van der Waals surface area contributed by atoms with Gasteiger partial charge in [0.15, 0.2) is 6.04 Å². The summed E-state index contributed by atoms with van der Waals surface area (Å²) in [5.74, 6) is -3.24. The van der Waals surface area contributed by atoms with Crippen molar-refractivity contribution in [1.29, 1.82) is 0 Å². The highest BCUT2D eigenvalue weighted by molar-refractivity contribution is 6.30. The number of halogens is 2. The van der Waals surface area contributed by atoms with Gasteiger partial charge in [0.2, 0.25) is 11.8 Å². The number of nitrogens with zero attached hydrogens (tertiary/aromatic N) is 1. The van der Waals surface area contributed by atoms with Crippen molar-refractivity contribution in [2.45, 2.75) is 44.2 Å². The molecular formula is C18H20ClFN2O4. The van der Waals surface area contributed by atoms with Crippen LogP contribution in [0.5, 0.6) is 0 Å². The van der Waals surface area contributed by atoms with Gasteiger partial charge in [0.1, 0.15) is 5.82 Å². The number of carboxylic acid groups (broad SMARTS) is 1. The van der Waals surface area contributed by atoms with Gasteiger partial charge >= 0.3 is 5.97 Å². The van der Waals surface area contributed by atoms with E-state index in [9.17, 15) is 23.9 Å². The van der Waals surface area contributed by atoms with Crippen LogP contribution >= 0.6 is 11.6 Å². The first-order valence-electron chi connectivity index (χ1n) is 8.64. The molecule has 1 saturated heterocycles. The van der Waals surface area contributed by atoms with Crippen LogP contribution in [-0.2, 0) is 14.4 Å². The molecule has 2 fully saturated rings. The van der Waals surface area contributed by atoms with Crippen molar-refractivity contribution in [3.8, 4) is 0 Å². The average Bonchev–Trinajstić information content (AvgIpc) is 3.24. The number of hydrogen-bond acceptors (Lipinski definition) is 3. The molecular weight excluding hydrogens is 363 g/mol. The zero-order valence-corrected chi connectivity index (χ0v) is 14.8. The molecule has 1 aromatic rings. The van der Waals surface area contributed by atoms with Gasteiger partial charge in [-0.25, -0.2) is 9.18 Å². The van der Waals surface area contributed by atoms with Gasteiger partial charge in [-0.2, -0.15) is 0 Å². The fourth-order valence-electron chi connectivity index (χ4n) is 3.72. The summed E-state index contributed by atoms with van der Waals surface area (Å²) in [6.45, 7) is 0.302. The summed E-state index contributed by atoms with van der Waals surface area (Å²) >= 11 is 5.62. The highest BCUT2D eigenvalue weighted by atomic mass is 35.5. The average molecular weight is 383 g/mol. The van der Waals surface area contributed by atoms with Crippen molar-refractivity contribution in [1.82, 2.24) is 10.2 Å². The molecule has 2 unspecified atom stereocenters. The minimum absolute atomic E-state index is 0.0681. The first-order valence-corrected chi connectivity index (χ1v) is 9.02. The number of aliphatic carboxylic acids is 1. The van der Waals surface area contributed by atoms with Crippen LogP contribution in [0.3, 0.4) is 0 Å². The fourth-order valence-corrected chi connectivity index (χ4v) is 3.83. The minimum Gasteiger partial charge on any atom is -0.479 e. The van der Waals surface area contributed by atoms with Gasteiger partial charge in [-0.1, -0.05) is 30.5 Å². The summed E-state index contributed by atoms with van der Waals surface area (Å²) in [7, 11) is 0. The summed E-state index contributed by atoms with van der Waals surface area (Å²) in [4.78, 5) is 38.0. The third-order valence-electron chi connectivity index (χ3n) is 5.11. The summed E-state index contributed by atoms with van der Waals surface area (Å²) < 4.78 is 13.6. The first kappa shape index (κ1) is 18.6. The van der Waals surface area contributed by atoms with Crippen LogP contribution in [0, 0.1) is 11.7 Å².